The predicted octanol–water partition coefficient (Wildman–Crippen LogP) is 3.98. The summed E-state index contributed by atoms with van der Waals surface area (Å²) in [5.41, 5.74) is 2.14. The molecule has 0 spiro atoms. The first-order valence-corrected chi connectivity index (χ1v) is 7.48. The number of nitriles is 1. The summed E-state index contributed by atoms with van der Waals surface area (Å²) in [4.78, 5) is 8.75. The second kappa shape index (κ2) is 7.04. The van der Waals surface area contributed by atoms with E-state index in [0.29, 0.717) is 23.0 Å². The molecule has 1 aromatic carbocycles. The fourth-order valence-electron chi connectivity index (χ4n) is 1.80. The topological polar surface area (TPSA) is 73.6 Å². The minimum Gasteiger partial charge on any atom is -0.354 e. The van der Waals surface area contributed by atoms with Gasteiger partial charge in [0, 0.05) is 22.8 Å². The zero-order chi connectivity index (χ0) is 15.2. The monoisotopic (exact) mass is 345 g/mol. The molecule has 5 nitrogen and oxygen atoms in total. The number of rotatable bonds is 5. The van der Waals surface area contributed by atoms with Gasteiger partial charge in [0.25, 0.3) is 0 Å². The lowest BCUT2D eigenvalue weighted by molar-refractivity contribution is 0.947. The van der Waals surface area contributed by atoms with Crippen LogP contribution in [0, 0.1) is 18.3 Å². The Bertz CT molecular complexity index is 678. The molecule has 21 heavy (non-hydrogen) atoms. The molecule has 0 atom stereocenters. The van der Waals surface area contributed by atoms with Crippen LogP contribution in [-0.2, 0) is 0 Å². The highest BCUT2D eigenvalue weighted by atomic mass is 79.9. The van der Waals surface area contributed by atoms with Crippen LogP contribution < -0.4 is 10.6 Å². The maximum Gasteiger partial charge on any atom is 0.224 e. The van der Waals surface area contributed by atoms with Crippen molar-refractivity contribution in [1.29, 1.82) is 5.26 Å². The van der Waals surface area contributed by atoms with Gasteiger partial charge < -0.3 is 10.6 Å². The van der Waals surface area contributed by atoms with Gasteiger partial charge in [0.05, 0.1) is 11.3 Å². The molecular weight excluding hydrogens is 330 g/mol. The summed E-state index contributed by atoms with van der Waals surface area (Å²) in [5.74, 6) is 1.25. The first-order valence-electron chi connectivity index (χ1n) is 6.68. The van der Waals surface area contributed by atoms with Crippen molar-refractivity contribution in [1.82, 2.24) is 9.97 Å². The van der Waals surface area contributed by atoms with Crippen molar-refractivity contribution in [2.24, 2.45) is 0 Å². The van der Waals surface area contributed by atoms with E-state index < -0.39 is 0 Å². The maximum absolute atomic E-state index is 9.16. The number of hydrogen-bond acceptors (Lipinski definition) is 5. The number of nitrogens with one attached hydrogen (secondary N) is 2. The Labute approximate surface area is 132 Å². The van der Waals surface area contributed by atoms with Gasteiger partial charge in [0.15, 0.2) is 0 Å². The van der Waals surface area contributed by atoms with Gasteiger partial charge in [-0.3, -0.25) is 0 Å². The van der Waals surface area contributed by atoms with Crippen molar-refractivity contribution in [3.05, 3.63) is 40.0 Å². The summed E-state index contributed by atoms with van der Waals surface area (Å²) in [5, 5.41) is 15.5. The van der Waals surface area contributed by atoms with Gasteiger partial charge in [-0.2, -0.15) is 10.2 Å². The fraction of sp³-hybridized carbons (Fsp3) is 0.267. The van der Waals surface area contributed by atoms with E-state index in [1.807, 2.05) is 25.1 Å². The first kappa shape index (κ1) is 15.3. The van der Waals surface area contributed by atoms with Crippen LogP contribution in [0.3, 0.4) is 0 Å². The molecule has 0 aliphatic carbocycles. The molecule has 0 bridgehead atoms. The number of anilines is 3. The molecule has 6 heteroatoms. The lowest BCUT2D eigenvalue weighted by Crippen LogP contribution is -2.07. The molecule has 0 fully saturated rings. The van der Waals surface area contributed by atoms with Crippen molar-refractivity contribution >= 4 is 33.4 Å². The second-order valence-electron chi connectivity index (χ2n) is 4.57. The van der Waals surface area contributed by atoms with E-state index >= 15 is 0 Å². The summed E-state index contributed by atoms with van der Waals surface area (Å²) in [6, 6.07) is 9.46. The minimum absolute atomic E-state index is 0.567. The molecule has 0 saturated heterocycles. The molecule has 0 unspecified atom stereocenters. The number of halogens is 1. The van der Waals surface area contributed by atoms with E-state index in [1.165, 1.54) is 0 Å². The summed E-state index contributed by atoms with van der Waals surface area (Å²) in [7, 11) is 0. The van der Waals surface area contributed by atoms with E-state index in [-0.39, 0.29) is 0 Å². The Kier molecular flexibility index (Phi) is 5.12. The van der Waals surface area contributed by atoms with Crippen LogP contribution in [0.15, 0.2) is 28.7 Å². The molecule has 2 aromatic rings. The third-order valence-corrected chi connectivity index (χ3v) is 3.25. The maximum atomic E-state index is 9.16. The lowest BCUT2D eigenvalue weighted by Gasteiger charge is -2.11. The van der Waals surface area contributed by atoms with Crippen LogP contribution >= 0.6 is 15.9 Å². The lowest BCUT2D eigenvalue weighted by atomic mass is 10.2. The van der Waals surface area contributed by atoms with Crippen molar-refractivity contribution in [3.63, 3.8) is 0 Å². The highest BCUT2D eigenvalue weighted by Crippen LogP contribution is 2.24. The van der Waals surface area contributed by atoms with Crippen LogP contribution in [0.2, 0.25) is 0 Å². The largest absolute Gasteiger partial charge is 0.354 e. The van der Waals surface area contributed by atoms with E-state index in [4.69, 9.17) is 5.26 Å². The standard InChI is InChI=1S/C15H16BrN5/c1-3-6-18-15-19-10(2)7-14(21-15)20-13-8-12(16)5-4-11(13)9-17/h4-5,7-8H,3,6H2,1-2H3,(H2,18,19,20,21). The molecule has 0 amide bonds. The number of benzene rings is 1. The minimum atomic E-state index is 0.567. The SMILES string of the molecule is CCCNc1nc(C)cc(Nc2cc(Br)ccc2C#N)n1. The van der Waals surface area contributed by atoms with Gasteiger partial charge in [0.1, 0.15) is 11.9 Å². The molecule has 0 saturated carbocycles. The Morgan fingerprint density at radius 1 is 1.29 bits per heavy atom. The normalized spacial score (nSPS) is 10.0. The molecule has 2 N–H and O–H groups in total. The number of nitrogens with zero attached hydrogens (tertiary/aromatic N) is 3. The van der Waals surface area contributed by atoms with Crippen molar-refractivity contribution < 1.29 is 0 Å². The third kappa shape index (κ3) is 4.17. The second-order valence-corrected chi connectivity index (χ2v) is 5.49. The molecule has 1 heterocycles. The molecule has 108 valence electrons. The Hall–Kier alpha value is -2.13. The first-order chi connectivity index (χ1) is 10.1. The van der Waals surface area contributed by atoms with Crippen molar-refractivity contribution in [2.75, 3.05) is 17.2 Å². The van der Waals surface area contributed by atoms with Gasteiger partial charge in [0.2, 0.25) is 5.95 Å². The fourth-order valence-corrected chi connectivity index (χ4v) is 2.16. The molecule has 0 aliphatic heterocycles. The highest BCUT2D eigenvalue weighted by Gasteiger charge is 2.06. The van der Waals surface area contributed by atoms with Crippen LogP contribution in [-0.4, -0.2) is 16.5 Å². The summed E-state index contributed by atoms with van der Waals surface area (Å²) >= 11 is 3.41. The summed E-state index contributed by atoms with van der Waals surface area (Å²) in [6.07, 6.45) is 1.00. The predicted molar refractivity (Wildman–Crippen MR) is 87.7 cm³/mol. The third-order valence-electron chi connectivity index (χ3n) is 2.75. The Balaban J connectivity index is 2.29. The van der Waals surface area contributed by atoms with Gasteiger partial charge in [-0.1, -0.05) is 22.9 Å². The molecule has 0 radical (unpaired) electrons. The van der Waals surface area contributed by atoms with Gasteiger partial charge in [-0.25, -0.2) is 4.98 Å². The van der Waals surface area contributed by atoms with Gasteiger partial charge >= 0.3 is 0 Å². The number of aryl methyl sites for hydroxylation is 1. The van der Waals surface area contributed by atoms with E-state index in [0.717, 1.165) is 23.1 Å². The quantitative estimate of drug-likeness (QED) is 0.857. The smallest absolute Gasteiger partial charge is 0.224 e. The van der Waals surface area contributed by atoms with E-state index in [9.17, 15) is 0 Å². The molecule has 1 aromatic heterocycles. The van der Waals surface area contributed by atoms with Gasteiger partial charge in [-0.15, -0.1) is 0 Å². The van der Waals surface area contributed by atoms with Crippen LogP contribution in [0.25, 0.3) is 0 Å². The van der Waals surface area contributed by atoms with Crippen LogP contribution in [0.4, 0.5) is 17.5 Å². The van der Waals surface area contributed by atoms with Gasteiger partial charge in [-0.05, 0) is 31.5 Å². The summed E-state index contributed by atoms with van der Waals surface area (Å²) in [6.45, 7) is 4.82. The average molecular weight is 346 g/mol. The van der Waals surface area contributed by atoms with Crippen molar-refractivity contribution in [2.45, 2.75) is 20.3 Å². The van der Waals surface area contributed by atoms with Crippen LogP contribution in [0.1, 0.15) is 24.6 Å². The Morgan fingerprint density at radius 3 is 2.81 bits per heavy atom. The molecule has 0 aliphatic rings. The zero-order valence-electron chi connectivity index (χ0n) is 11.9. The average Bonchev–Trinajstić information content (AvgIpc) is 2.45. The van der Waals surface area contributed by atoms with Crippen molar-refractivity contribution in [3.8, 4) is 6.07 Å². The van der Waals surface area contributed by atoms with Crippen LogP contribution in [0.5, 0.6) is 0 Å². The zero-order valence-corrected chi connectivity index (χ0v) is 13.5. The highest BCUT2D eigenvalue weighted by molar-refractivity contribution is 9.10. The number of aromatic nitrogens is 2. The number of hydrogen-bond donors (Lipinski definition) is 2. The van der Waals surface area contributed by atoms with E-state index in [2.05, 4.69) is 49.5 Å². The summed E-state index contributed by atoms with van der Waals surface area (Å²) < 4.78 is 0.902. The molecule has 2 rings (SSSR count). The molecular formula is C15H16BrN5. The Morgan fingerprint density at radius 2 is 2.10 bits per heavy atom. The van der Waals surface area contributed by atoms with E-state index in [1.54, 1.807) is 6.07 Å².